The SMILES string of the molecule is CCOC(=O)c1cc(-c2ccccc2)sc1NC(=O)c1ccc(Cl)nc1. The summed E-state index contributed by atoms with van der Waals surface area (Å²) in [5.41, 5.74) is 1.63. The van der Waals surface area contributed by atoms with Gasteiger partial charge >= 0.3 is 5.97 Å². The molecule has 0 radical (unpaired) electrons. The molecule has 0 bridgehead atoms. The smallest absolute Gasteiger partial charge is 0.341 e. The molecule has 0 saturated heterocycles. The lowest BCUT2D eigenvalue weighted by Gasteiger charge is -2.06. The molecule has 0 atom stereocenters. The molecule has 2 heterocycles. The van der Waals surface area contributed by atoms with Gasteiger partial charge in [-0.15, -0.1) is 11.3 Å². The van der Waals surface area contributed by atoms with Crippen molar-refractivity contribution in [3.05, 3.63) is 71.0 Å². The van der Waals surface area contributed by atoms with Crippen LogP contribution in [0.4, 0.5) is 5.00 Å². The molecule has 1 N–H and O–H groups in total. The number of pyridine rings is 1. The van der Waals surface area contributed by atoms with E-state index in [-0.39, 0.29) is 12.5 Å². The molecule has 0 aliphatic heterocycles. The first-order valence-electron chi connectivity index (χ1n) is 7.87. The zero-order valence-corrected chi connectivity index (χ0v) is 15.4. The number of aromatic nitrogens is 1. The van der Waals surface area contributed by atoms with Crippen LogP contribution in [0, 0.1) is 0 Å². The second-order valence-corrected chi connectivity index (χ2v) is 6.70. The molecule has 26 heavy (non-hydrogen) atoms. The summed E-state index contributed by atoms with van der Waals surface area (Å²) >= 11 is 7.06. The molecule has 5 nitrogen and oxygen atoms in total. The van der Waals surface area contributed by atoms with Gasteiger partial charge in [-0.1, -0.05) is 41.9 Å². The third-order valence-electron chi connectivity index (χ3n) is 3.50. The molecule has 1 aromatic carbocycles. The number of benzene rings is 1. The van der Waals surface area contributed by atoms with Crippen molar-refractivity contribution in [1.82, 2.24) is 4.98 Å². The van der Waals surface area contributed by atoms with Crippen LogP contribution in [0.15, 0.2) is 54.7 Å². The third-order valence-corrected chi connectivity index (χ3v) is 4.83. The highest BCUT2D eigenvalue weighted by Gasteiger charge is 2.20. The van der Waals surface area contributed by atoms with Crippen LogP contribution in [0.5, 0.6) is 0 Å². The van der Waals surface area contributed by atoms with Crippen molar-refractivity contribution >= 4 is 39.8 Å². The summed E-state index contributed by atoms with van der Waals surface area (Å²) in [5, 5.41) is 3.51. The monoisotopic (exact) mass is 386 g/mol. The quantitative estimate of drug-likeness (QED) is 0.500. The minimum absolute atomic E-state index is 0.254. The Bertz CT molecular complexity index is 924. The lowest BCUT2D eigenvalue weighted by Crippen LogP contribution is -2.14. The van der Waals surface area contributed by atoms with Crippen molar-refractivity contribution in [2.75, 3.05) is 11.9 Å². The van der Waals surface area contributed by atoms with Crippen molar-refractivity contribution in [3.8, 4) is 10.4 Å². The number of amides is 1. The van der Waals surface area contributed by atoms with Gasteiger partial charge in [-0.3, -0.25) is 4.79 Å². The Kier molecular flexibility index (Phi) is 5.65. The van der Waals surface area contributed by atoms with E-state index >= 15 is 0 Å². The van der Waals surface area contributed by atoms with E-state index in [1.54, 1.807) is 19.1 Å². The zero-order chi connectivity index (χ0) is 18.5. The molecule has 7 heteroatoms. The maximum Gasteiger partial charge on any atom is 0.341 e. The summed E-state index contributed by atoms with van der Waals surface area (Å²) in [6.45, 7) is 1.99. The van der Waals surface area contributed by atoms with Gasteiger partial charge in [0, 0.05) is 11.1 Å². The van der Waals surface area contributed by atoms with Gasteiger partial charge in [0.05, 0.1) is 17.7 Å². The van der Waals surface area contributed by atoms with Gasteiger partial charge in [-0.05, 0) is 30.7 Å². The van der Waals surface area contributed by atoms with Crippen LogP contribution in [0.3, 0.4) is 0 Å². The van der Waals surface area contributed by atoms with Crippen LogP contribution in [0.25, 0.3) is 10.4 Å². The minimum atomic E-state index is -0.476. The molecule has 0 unspecified atom stereocenters. The van der Waals surface area contributed by atoms with Crippen LogP contribution in [0.2, 0.25) is 5.15 Å². The number of halogens is 1. The Morgan fingerprint density at radius 1 is 1.19 bits per heavy atom. The van der Waals surface area contributed by atoms with Crippen molar-refractivity contribution in [2.24, 2.45) is 0 Å². The molecular weight excluding hydrogens is 372 g/mol. The topological polar surface area (TPSA) is 68.3 Å². The molecule has 3 rings (SSSR count). The average molecular weight is 387 g/mol. The number of esters is 1. The van der Waals surface area contributed by atoms with E-state index in [0.29, 0.717) is 21.3 Å². The highest BCUT2D eigenvalue weighted by atomic mass is 35.5. The van der Waals surface area contributed by atoms with E-state index in [9.17, 15) is 9.59 Å². The molecular formula is C19H15ClN2O3S. The lowest BCUT2D eigenvalue weighted by atomic mass is 10.1. The lowest BCUT2D eigenvalue weighted by molar-refractivity contribution is 0.0528. The maximum atomic E-state index is 12.5. The molecule has 1 amide bonds. The van der Waals surface area contributed by atoms with Crippen LogP contribution < -0.4 is 5.32 Å². The third kappa shape index (κ3) is 4.09. The highest BCUT2D eigenvalue weighted by Crippen LogP contribution is 2.36. The summed E-state index contributed by atoms with van der Waals surface area (Å²) in [7, 11) is 0. The van der Waals surface area contributed by atoms with Crippen molar-refractivity contribution in [1.29, 1.82) is 0 Å². The van der Waals surface area contributed by atoms with E-state index in [1.807, 2.05) is 30.3 Å². The molecule has 0 saturated carbocycles. The number of nitrogens with one attached hydrogen (secondary N) is 1. The van der Waals surface area contributed by atoms with E-state index in [0.717, 1.165) is 10.4 Å². The first-order chi connectivity index (χ1) is 12.6. The van der Waals surface area contributed by atoms with E-state index in [4.69, 9.17) is 16.3 Å². The molecule has 2 aromatic heterocycles. The van der Waals surface area contributed by atoms with E-state index < -0.39 is 5.97 Å². The Hall–Kier alpha value is -2.70. The van der Waals surface area contributed by atoms with Gasteiger partial charge < -0.3 is 10.1 Å². The van der Waals surface area contributed by atoms with Gasteiger partial charge in [-0.25, -0.2) is 9.78 Å². The Balaban J connectivity index is 1.93. The number of carbonyl (C=O) groups is 2. The van der Waals surface area contributed by atoms with E-state index in [1.165, 1.54) is 23.6 Å². The van der Waals surface area contributed by atoms with Crippen LogP contribution >= 0.6 is 22.9 Å². The van der Waals surface area contributed by atoms with Crippen LogP contribution in [0.1, 0.15) is 27.6 Å². The summed E-state index contributed by atoms with van der Waals surface area (Å²) in [5.74, 6) is -0.850. The first kappa shape index (κ1) is 18.1. The average Bonchev–Trinajstić information content (AvgIpc) is 3.07. The summed E-state index contributed by atoms with van der Waals surface area (Å²) in [6, 6.07) is 14.5. The molecule has 3 aromatic rings. The fourth-order valence-corrected chi connectivity index (χ4v) is 3.43. The fraction of sp³-hybridized carbons (Fsp3) is 0.105. The Labute approximate surface area is 159 Å². The zero-order valence-electron chi connectivity index (χ0n) is 13.9. The fourth-order valence-electron chi connectivity index (χ4n) is 2.27. The first-order valence-corrected chi connectivity index (χ1v) is 9.07. The summed E-state index contributed by atoms with van der Waals surface area (Å²) < 4.78 is 5.11. The van der Waals surface area contributed by atoms with Gasteiger partial charge in [0.1, 0.15) is 10.2 Å². The summed E-state index contributed by atoms with van der Waals surface area (Å²) in [4.78, 5) is 29.5. The second-order valence-electron chi connectivity index (χ2n) is 5.26. The largest absolute Gasteiger partial charge is 0.462 e. The number of nitrogens with zero attached hydrogens (tertiary/aromatic N) is 1. The standard InChI is InChI=1S/C19H15ClN2O3S/c1-2-25-19(24)14-10-15(12-6-4-3-5-7-12)26-18(14)22-17(23)13-8-9-16(20)21-11-13/h3-11H,2H2,1H3,(H,22,23). The summed E-state index contributed by atoms with van der Waals surface area (Å²) in [6.07, 6.45) is 1.38. The van der Waals surface area contributed by atoms with Gasteiger partial charge in [0.2, 0.25) is 0 Å². The number of thiophene rings is 1. The maximum absolute atomic E-state index is 12.5. The second kappa shape index (κ2) is 8.12. The molecule has 0 aliphatic carbocycles. The van der Waals surface area contributed by atoms with Gasteiger partial charge in [-0.2, -0.15) is 0 Å². The van der Waals surface area contributed by atoms with Gasteiger partial charge in [0.15, 0.2) is 0 Å². The Morgan fingerprint density at radius 3 is 2.62 bits per heavy atom. The number of carbonyl (C=O) groups excluding carboxylic acids is 2. The predicted octanol–water partition coefficient (Wildman–Crippen LogP) is 4.89. The number of hydrogen-bond acceptors (Lipinski definition) is 5. The minimum Gasteiger partial charge on any atom is -0.462 e. The number of ether oxygens (including phenoxy) is 1. The normalized spacial score (nSPS) is 10.4. The van der Waals surface area contributed by atoms with Crippen molar-refractivity contribution in [3.63, 3.8) is 0 Å². The van der Waals surface area contributed by atoms with Gasteiger partial charge in [0.25, 0.3) is 5.91 Å². The molecule has 0 spiro atoms. The predicted molar refractivity (Wildman–Crippen MR) is 103 cm³/mol. The van der Waals surface area contributed by atoms with Crippen LogP contribution in [-0.4, -0.2) is 23.5 Å². The molecule has 0 fully saturated rings. The number of anilines is 1. The van der Waals surface area contributed by atoms with Crippen molar-refractivity contribution < 1.29 is 14.3 Å². The number of rotatable bonds is 5. The van der Waals surface area contributed by atoms with Crippen LogP contribution in [-0.2, 0) is 4.74 Å². The molecule has 0 aliphatic rings. The molecule has 132 valence electrons. The van der Waals surface area contributed by atoms with Crippen molar-refractivity contribution in [2.45, 2.75) is 6.92 Å². The highest BCUT2D eigenvalue weighted by molar-refractivity contribution is 7.20. The Morgan fingerprint density at radius 2 is 1.96 bits per heavy atom. The number of hydrogen-bond donors (Lipinski definition) is 1. The van der Waals surface area contributed by atoms with E-state index in [2.05, 4.69) is 10.3 Å².